The number of fused-ring (bicyclic) bond motifs is 2. The SMILES string of the molecule is O=C1c2ccccc2-c2c(COc3ccccc3)c(=O)[nH]c3c(Oc4ccc(-c5ccccc5)cc4S(=O)(=O)O)cc(Nc4ccc(S(=O)(=O)O)cc4)c1c23. The largest absolute Gasteiger partial charge is 0.489 e. The summed E-state index contributed by atoms with van der Waals surface area (Å²) in [6.07, 6.45) is 0. The lowest BCUT2D eigenvalue weighted by molar-refractivity contribution is 0.104. The maximum atomic E-state index is 14.5. The molecule has 1 heterocycles. The Hall–Kier alpha value is -6.58. The van der Waals surface area contributed by atoms with Crippen molar-refractivity contribution in [2.24, 2.45) is 0 Å². The first-order chi connectivity index (χ1) is 26.4. The van der Waals surface area contributed by atoms with Gasteiger partial charge in [0.05, 0.1) is 27.2 Å². The number of pyridine rings is 1. The standard InChI is InChI=1S/C41H28N2O10S2/c44-40-30-14-8-7-13-29(30)36-31(23-52-27-11-5-2-6-12-27)41(45)43-39-34(22-32(37(40)38(36)39)42-26-16-18-28(19-17-26)54(46,47)48)53-33-20-15-25(21-35(33)55(49,50)51)24-9-3-1-4-10-24/h1-22,42H,23H2,(H,43,45)(H,46,47,48)(H,49,50,51). The lowest BCUT2D eigenvalue weighted by atomic mass is 9.81. The molecule has 0 amide bonds. The number of hydrogen-bond donors (Lipinski definition) is 4. The third-order valence-corrected chi connectivity index (χ3v) is 10.9. The van der Waals surface area contributed by atoms with Gasteiger partial charge in [0, 0.05) is 28.3 Å². The van der Waals surface area contributed by atoms with E-state index in [9.17, 15) is 35.5 Å². The second kappa shape index (κ2) is 13.7. The predicted octanol–water partition coefficient (Wildman–Crippen LogP) is 8.01. The number of rotatable bonds is 10. The Morgan fingerprint density at radius 3 is 1.96 bits per heavy atom. The van der Waals surface area contributed by atoms with Crippen LogP contribution in [0.1, 0.15) is 21.5 Å². The van der Waals surface area contributed by atoms with E-state index in [1.54, 1.807) is 84.9 Å². The van der Waals surface area contributed by atoms with Gasteiger partial charge in [-0.1, -0.05) is 78.9 Å². The maximum absolute atomic E-state index is 14.5. The van der Waals surface area contributed by atoms with Gasteiger partial charge in [0.15, 0.2) is 11.5 Å². The fraction of sp³-hybridized carbons (Fsp3) is 0.0244. The summed E-state index contributed by atoms with van der Waals surface area (Å²) in [6, 6.07) is 35.3. The normalized spacial score (nSPS) is 12.3. The molecule has 4 N–H and O–H groups in total. The minimum absolute atomic E-state index is 0.0574. The molecule has 55 heavy (non-hydrogen) atoms. The molecule has 0 atom stereocenters. The summed E-state index contributed by atoms with van der Waals surface area (Å²) in [5.41, 5.74) is 2.57. The van der Waals surface area contributed by atoms with E-state index < -0.39 is 36.5 Å². The lowest BCUT2D eigenvalue weighted by Crippen LogP contribution is -2.22. The Morgan fingerprint density at radius 1 is 0.636 bits per heavy atom. The molecule has 0 radical (unpaired) electrons. The van der Waals surface area contributed by atoms with Gasteiger partial charge in [-0.3, -0.25) is 18.7 Å². The molecule has 1 aliphatic carbocycles. The quantitative estimate of drug-likeness (QED) is 0.0986. The van der Waals surface area contributed by atoms with E-state index in [1.165, 1.54) is 42.5 Å². The highest BCUT2D eigenvalue weighted by molar-refractivity contribution is 7.86. The Kier molecular flexibility index (Phi) is 8.82. The first-order valence-electron chi connectivity index (χ1n) is 16.6. The molecular weight excluding hydrogens is 745 g/mol. The number of nitrogens with one attached hydrogen (secondary N) is 2. The molecule has 0 unspecified atom stereocenters. The van der Waals surface area contributed by atoms with E-state index in [1.807, 2.05) is 6.07 Å². The van der Waals surface area contributed by atoms with Crippen molar-refractivity contribution < 1.29 is 40.2 Å². The molecule has 0 saturated heterocycles. The van der Waals surface area contributed by atoms with Crippen molar-refractivity contribution in [1.29, 1.82) is 0 Å². The zero-order chi connectivity index (χ0) is 38.5. The zero-order valence-electron chi connectivity index (χ0n) is 28.4. The van der Waals surface area contributed by atoms with E-state index in [0.29, 0.717) is 39.3 Å². The number of para-hydroxylation sites is 1. The van der Waals surface area contributed by atoms with E-state index >= 15 is 0 Å². The second-order valence-corrected chi connectivity index (χ2v) is 15.4. The van der Waals surface area contributed by atoms with Gasteiger partial charge in [-0.05, 0) is 65.2 Å². The molecule has 8 rings (SSSR count). The number of aromatic nitrogens is 1. The summed E-state index contributed by atoms with van der Waals surface area (Å²) in [7, 11) is -9.37. The molecule has 14 heteroatoms. The van der Waals surface area contributed by atoms with E-state index in [-0.39, 0.29) is 50.7 Å². The average Bonchev–Trinajstić information content (AvgIpc) is 3.17. The highest BCUT2D eigenvalue weighted by Crippen LogP contribution is 2.47. The summed E-state index contributed by atoms with van der Waals surface area (Å²) < 4.78 is 81.4. The van der Waals surface area contributed by atoms with E-state index in [4.69, 9.17) is 9.47 Å². The minimum Gasteiger partial charge on any atom is -0.489 e. The van der Waals surface area contributed by atoms with Crippen molar-refractivity contribution in [3.05, 3.63) is 161 Å². The molecule has 0 saturated carbocycles. The molecule has 0 aliphatic heterocycles. The fourth-order valence-electron chi connectivity index (χ4n) is 6.63. The molecule has 1 aliphatic rings. The molecule has 6 aromatic carbocycles. The van der Waals surface area contributed by atoms with Crippen LogP contribution in [0.3, 0.4) is 0 Å². The number of anilines is 2. The predicted molar refractivity (Wildman–Crippen MR) is 206 cm³/mol. The highest BCUT2D eigenvalue weighted by Gasteiger charge is 2.33. The summed E-state index contributed by atoms with van der Waals surface area (Å²) >= 11 is 0. The number of aromatic amines is 1. The average molecular weight is 773 g/mol. The molecule has 7 aromatic rings. The van der Waals surface area contributed by atoms with Gasteiger partial charge in [-0.15, -0.1) is 0 Å². The van der Waals surface area contributed by atoms with E-state index in [2.05, 4.69) is 10.3 Å². The van der Waals surface area contributed by atoms with Crippen LogP contribution in [0.5, 0.6) is 17.2 Å². The Bertz CT molecular complexity index is 2950. The minimum atomic E-state index is -4.87. The van der Waals surface area contributed by atoms with Crippen LogP contribution in [-0.2, 0) is 26.8 Å². The van der Waals surface area contributed by atoms with Crippen LogP contribution in [0.15, 0.2) is 148 Å². The van der Waals surface area contributed by atoms with Crippen LogP contribution in [0.2, 0.25) is 0 Å². The first kappa shape index (κ1) is 35.4. The van der Waals surface area contributed by atoms with Gasteiger partial charge in [0.2, 0.25) is 0 Å². The molecule has 0 spiro atoms. The number of H-pyrrole nitrogens is 1. The molecule has 1 aromatic heterocycles. The summed E-state index contributed by atoms with van der Waals surface area (Å²) in [5, 5.41) is 3.40. The van der Waals surface area contributed by atoms with Crippen LogP contribution in [0.4, 0.5) is 11.4 Å². The van der Waals surface area contributed by atoms with Crippen molar-refractivity contribution in [2.75, 3.05) is 5.32 Å². The van der Waals surface area contributed by atoms with E-state index in [0.717, 1.165) is 0 Å². The van der Waals surface area contributed by atoms with Crippen LogP contribution >= 0.6 is 0 Å². The fourth-order valence-corrected chi connectivity index (χ4v) is 7.75. The first-order valence-corrected chi connectivity index (χ1v) is 19.5. The van der Waals surface area contributed by atoms with Gasteiger partial charge in [0.1, 0.15) is 23.0 Å². The monoisotopic (exact) mass is 772 g/mol. The number of hydrogen-bond acceptors (Lipinski definition) is 9. The van der Waals surface area contributed by atoms with Crippen molar-refractivity contribution in [3.8, 4) is 39.5 Å². The van der Waals surface area contributed by atoms with Gasteiger partial charge in [-0.25, -0.2) is 0 Å². The van der Waals surface area contributed by atoms with Gasteiger partial charge in [0.25, 0.3) is 25.8 Å². The summed E-state index contributed by atoms with van der Waals surface area (Å²) in [4.78, 5) is 30.5. The lowest BCUT2D eigenvalue weighted by Gasteiger charge is -2.26. The summed E-state index contributed by atoms with van der Waals surface area (Å²) in [5.74, 6) is -0.278. The highest BCUT2D eigenvalue weighted by atomic mass is 32.2. The Balaban J connectivity index is 1.38. The molecule has 0 bridgehead atoms. The van der Waals surface area contributed by atoms with Crippen molar-refractivity contribution in [3.63, 3.8) is 0 Å². The van der Waals surface area contributed by atoms with Crippen LogP contribution in [0, 0.1) is 0 Å². The van der Waals surface area contributed by atoms with Gasteiger partial charge >= 0.3 is 0 Å². The second-order valence-electron chi connectivity index (χ2n) is 12.6. The van der Waals surface area contributed by atoms with Crippen molar-refractivity contribution in [2.45, 2.75) is 16.4 Å². The third kappa shape index (κ3) is 6.75. The van der Waals surface area contributed by atoms with Gasteiger partial charge < -0.3 is 19.8 Å². The Morgan fingerprint density at radius 2 is 1.29 bits per heavy atom. The molecule has 12 nitrogen and oxygen atoms in total. The molecular formula is C41H28N2O10S2. The smallest absolute Gasteiger partial charge is 0.298 e. The topological polar surface area (TPSA) is 189 Å². The number of benzene rings is 6. The van der Waals surface area contributed by atoms with Crippen LogP contribution in [-0.4, -0.2) is 36.7 Å². The third-order valence-electron chi connectivity index (χ3n) is 9.13. The van der Waals surface area contributed by atoms with Crippen LogP contribution in [0.25, 0.3) is 33.2 Å². The Labute approximate surface area is 314 Å². The van der Waals surface area contributed by atoms with Crippen molar-refractivity contribution >= 4 is 48.3 Å². The summed E-state index contributed by atoms with van der Waals surface area (Å²) in [6.45, 7) is -0.189. The van der Waals surface area contributed by atoms with Crippen molar-refractivity contribution in [1.82, 2.24) is 4.98 Å². The zero-order valence-corrected chi connectivity index (χ0v) is 30.0. The molecule has 274 valence electrons. The number of carbonyl (C=O) groups is 1. The number of ether oxygens (including phenoxy) is 2. The molecule has 0 fully saturated rings. The number of ketones is 1. The maximum Gasteiger partial charge on any atom is 0.298 e. The van der Waals surface area contributed by atoms with Crippen LogP contribution < -0.4 is 20.3 Å². The number of carbonyl (C=O) groups excluding carboxylic acids is 1. The van der Waals surface area contributed by atoms with Gasteiger partial charge in [-0.2, -0.15) is 16.8 Å².